The normalized spacial score (nSPS) is 19.3. The van der Waals surface area contributed by atoms with Crippen LogP contribution >= 0.6 is 0 Å². The molecule has 0 aliphatic heterocycles. The summed E-state index contributed by atoms with van der Waals surface area (Å²) in [5.41, 5.74) is 11.6. The molecular weight excluding hydrogens is 152 g/mol. The van der Waals surface area contributed by atoms with E-state index >= 15 is 0 Å². The molecule has 0 aromatic heterocycles. The number of carbonyl (C=O) groups is 1. The molecule has 0 atom stereocenters. The van der Waals surface area contributed by atoms with Crippen LogP contribution < -0.4 is 11.5 Å². The highest BCUT2D eigenvalue weighted by Gasteiger charge is 2.38. The Kier molecular flexibility index (Phi) is 1.34. The van der Waals surface area contributed by atoms with Crippen LogP contribution in [0.2, 0.25) is 0 Å². The average molecular weight is 162 g/mol. The van der Waals surface area contributed by atoms with Gasteiger partial charge in [0.1, 0.15) is 5.66 Å². The lowest BCUT2D eigenvalue weighted by molar-refractivity contribution is 0.0911. The molecule has 3 heteroatoms. The molecule has 2 rings (SSSR count). The van der Waals surface area contributed by atoms with E-state index in [0.29, 0.717) is 12.0 Å². The van der Waals surface area contributed by atoms with Gasteiger partial charge in [-0.3, -0.25) is 4.79 Å². The topological polar surface area (TPSA) is 69.1 Å². The summed E-state index contributed by atoms with van der Waals surface area (Å²) in [7, 11) is 0. The molecule has 1 aromatic carbocycles. The molecule has 1 aliphatic carbocycles. The molecular formula is C9H10N2O. The summed E-state index contributed by atoms with van der Waals surface area (Å²) in [6.45, 7) is 0. The summed E-state index contributed by atoms with van der Waals surface area (Å²) >= 11 is 0. The second kappa shape index (κ2) is 2.15. The van der Waals surface area contributed by atoms with Crippen molar-refractivity contribution in [1.29, 1.82) is 0 Å². The van der Waals surface area contributed by atoms with Crippen LogP contribution in [0.1, 0.15) is 15.9 Å². The molecule has 0 amide bonds. The van der Waals surface area contributed by atoms with Gasteiger partial charge in [-0.2, -0.15) is 0 Å². The molecule has 0 heterocycles. The second-order valence-corrected chi connectivity index (χ2v) is 3.20. The first kappa shape index (κ1) is 7.46. The third-order valence-corrected chi connectivity index (χ3v) is 2.17. The van der Waals surface area contributed by atoms with Gasteiger partial charge >= 0.3 is 0 Å². The first-order valence-electron chi connectivity index (χ1n) is 3.82. The summed E-state index contributed by atoms with van der Waals surface area (Å²) in [6, 6.07) is 7.35. The van der Waals surface area contributed by atoms with Gasteiger partial charge < -0.3 is 11.5 Å². The number of hydrogen-bond donors (Lipinski definition) is 2. The predicted octanol–water partition coefficient (Wildman–Crippen LogP) is 0.0391. The second-order valence-electron chi connectivity index (χ2n) is 3.20. The summed E-state index contributed by atoms with van der Waals surface area (Å²) in [4.78, 5) is 11.5. The van der Waals surface area contributed by atoms with E-state index in [2.05, 4.69) is 0 Å². The Morgan fingerprint density at radius 3 is 2.58 bits per heavy atom. The molecule has 1 aromatic rings. The van der Waals surface area contributed by atoms with Crippen LogP contribution in [-0.4, -0.2) is 11.4 Å². The monoisotopic (exact) mass is 162 g/mol. The van der Waals surface area contributed by atoms with Crippen molar-refractivity contribution in [1.82, 2.24) is 0 Å². The highest BCUT2D eigenvalue weighted by Crippen LogP contribution is 2.24. The SMILES string of the molecule is NC1(N)Cc2ccccc2C1=O. The fourth-order valence-corrected chi connectivity index (χ4v) is 1.54. The van der Waals surface area contributed by atoms with Crippen LogP contribution in [-0.2, 0) is 6.42 Å². The fraction of sp³-hybridized carbons (Fsp3) is 0.222. The Labute approximate surface area is 70.4 Å². The third-order valence-electron chi connectivity index (χ3n) is 2.17. The van der Waals surface area contributed by atoms with E-state index in [1.165, 1.54) is 0 Å². The molecule has 0 fully saturated rings. The van der Waals surface area contributed by atoms with Gasteiger partial charge in [-0.05, 0) is 5.56 Å². The van der Waals surface area contributed by atoms with Gasteiger partial charge in [0.05, 0.1) is 0 Å². The van der Waals surface area contributed by atoms with Crippen molar-refractivity contribution in [2.75, 3.05) is 0 Å². The molecule has 0 saturated heterocycles. The van der Waals surface area contributed by atoms with E-state index in [1.54, 1.807) is 6.07 Å². The zero-order valence-electron chi connectivity index (χ0n) is 6.58. The molecule has 1 aliphatic rings. The maximum absolute atomic E-state index is 11.5. The van der Waals surface area contributed by atoms with Crippen molar-refractivity contribution in [3.63, 3.8) is 0 Å². The number of carbonyl (C=O) groups excluding carboxylic acids is 1. The van der Waals surface area contributed by atoms with Crippen LogP contribution in [0.3, 0.4) is 0 Å². The lowest BCUT2D eigenvalue weighted by Crippen LogP contribution is -2.54. The van der Waals surface area contributed by atoms with Crippen molar-refractivity contribution in [3.8, 4) is 0 Å². The van der Waals surface area contributed by atoms with E-state index in [1.807, 2.05) is 18.2 Å². The standard InChI is InChI=1S/C9H10N2O/c10-9(11)5-6-3-1-2-4-7(6)8(9)12/h1-4H,5,10-11H2. The molecule has 0 radical (unpaired) electrons. The highest BCUT2D eigenvalue weighted by atomic mass is 16.1. The number of nitrogens with two attached hydrogens (primary N) is 2. The van der Waals surface area contributed by atoms with E-state index in [9.17, 15) is 4.79 Å². The summed E-state index contributed by atoms with van der Waals surface area (Å²) in [5, 5.41) is 0. The molecule has 62 valence electrons. The fourth-order valence-electron chi connectivity index (χ4n) is 1.54. The summed E-state index contributed by atoms with van der Waals surface area (Å²) in [6.07, 6.45) is 0.446. The summed E-state index contributed by atoms with van der Waals surface area (Å²) in [5.74, 6) is -0.155. The lowest BCUT2D eigenvalue weighted by Gasteiger charge is -2.13. The van der Waals surface area contributed by atoms with Gasteiger partial charge in [0, 0.05) is 12.0 Å². The van der Waals surface area contributed by atoms with Gasteiger partial charge in [-0.25, -0.2) is 0 Å². The van der Waals surface area contributed by atoms with Crippen LogP contribution in [0.4, 0.5) is 0 Å². The van der Waals surface area contributed by atoms with Crippen LogP contribution in [0.15, 0.2) is 24.3 Å². The third kappa shape index (κ3) is 0.873. The number of ketones is 1. The van der Waals surface area contributed by atoms with E-state index in [-0.39, 0.29) is 5.78 Å². The molecule has 0 unspecified atom stereocenters. The average Bonchev–Trinajstić information content (AvgIpc) is 2.24. The zero-order chi connectivity index (χ0) is 8.77. The van der Waals surface area contributed by atoms with Gasteiger partial charge in [0.2, 0.25) is 0 Å². The largest absolute Gasteiger partial charge is 0.307 e. The Morgan fingerprint density at radius 2 is 1.92 bits per heavy atom. The minimum absolute atomic E-state index is 0.155. The van der Waals surface area contributed by atoms with Gasteiger partial charge in [0.15, 0.2) is 5.78 Å². The maximum Gasteiger partial charge on any atom is 0.197 e. The molecule has 0 saturated carbocycles. The number of rotatable bonds is 0. The minimum atomic E-state index is -1.18. The Balaban J connectivity index is 2.57. The number of fused-ring (bicyclic) bond motifs is 1. The number of hydrogen-bond acceptors (Lipinski definition) is 3. The molecule has 12 heavy (non-hydrogen) atoms. The highest BCUT2D eigenvalue weighted by molar-refractivity contribution is 6.06. The smallest absolute Gasteiger partial charge is 0.197 e. The lowest BCUT2D eigenvalue weighted by atomic mass is 10.1. The van der Waals surface area contributed by atoms with Crippen LogP contribution in [0, 0.1) is 0 Å². The Bertz CT molecular complexity index is 344. The maximum atomic E-state index is 11.5. The quantitative estimate of drug-likeness (QED) is 0.529. The van der Waals surface area contributed by atoms with Crippen molar-refractivity contribution in [2.24, 2.45) is 11.5 Å². The first-order chi connectivity index (χ1) is 5.61. The van der Waals surface area contributed by atoms with E-state index in [0.717, 1.165) is 5.56 Å². The number of benzene rings is 1. The van der Waals surface area contributed by atoms with Gasteiger partial charge in [-0.1, -0.05) is 24.3 Å². The first-order valence-corrected chi connectivity index (χ1v) is 3.82. The van der Waals surface area contributed by atoms with Crippen molar-refractivity contribution in [3.05, 3.63) is 35.4 Å². The zero-order valence-corrected chi connectivity index (χ0v) is 6.58. The minimum Gasteiger partial charge on any atom is -0.307 e. The van der Waals surface area contributed by atoms with Crippen molar-refractivity contribution < 1.29 is 4.79 Å². The Morgan fingerprint density at radius 1 is 1.25 bits per heavy atom. The van der Waals surface area contributed by atoms with Crippen LogP contribution in [0.25, 0.3) is 0 Å². The Hall–Kier alpha value is -1.19. The van der Waals surface area contributed by atoms with Crippen molar-refractivity contribution in [2.45, 2.75) is 12.1 Å². The molecule has 0 bridgehead atoms. The van der Waals surface area contributed by atoms with Crippen LogP contribution in [0.5, 0.6) is 0 Å². The predicted molar refractivity (Wildman–Crippen MR) is 45.6 cm³/mol. The molecule has 3 nitrogen and oxygen atoms in total. The summed E-state index contributed by atoms with van der Waals surface area (Å²) < 4.78 is 0. The molecule has 0 spiro atoms. The van der Waals surface area contributed by atoms with E-state index in [4.69, 9.17) is 11.5 Å². The van der Waals surface area contributed by atoms with E-state index < -0.39 is 5.66 Å². The van der Waals surface area contributed by atoms with Crippen molar-refractivity contribution >= 4 is 5.78 Å². The number of Topliss-reactive ketones (excluding diaryl/α,β-unsaturated/α-hetero) is 1. The van der Waals surface area contributed by atoms with Gasteiger partial charge in [-0.15, -0.1) is 0 Å². The molecule has 4 N–H and O–H groups in total. The van der Waals surface area contributed by atoms with Gasteiger partial charge in [0.25, 0.3) is 0 Å².